The molecule has 1 aromatic rings. The van der Waals surface area contributed by atoms with Crippen LogP contribution in [0.25, 0.3) is 0 Å². The molecule has 0 radical (unpaired) electrons. The summed E-state index contributed by atoms with van der Waals surface area (Å²) in [6.07, 6.45) is 2.22. The Labute approximate surface area is 178 Å². The molecule has 0 heterocycles. The van der Waals surface area contributed by atoms with Gasteiger partial charge >= 0.3 is 5.97 Å². The van der Waals surface area contributed by atoms with Gasteiger partial charge in [-0.1, -0.05) is 43.7 Å². The summed E-state index contributed by atoms with van der Waals surface area (Å²) in [7, 11) is 0. The molecule has 0 spiro atoms. The van der Waals surface area contributed by atoms with Crippen molar-refractivity contribution in [2.75, 3.05) is 72.7 Å². The summed E-state index contributed by atoms with van der Waals surface area (Å²) in [5, 5.41) is 0. The molecule has 0 fully saturated rings. The average molecular weight is 427 g/mol. The summed E-state index contributed by atoms with van der Waals surface area (Å²) in [6, 6.07) is 8.28. The van der Waals surface area contributed by atoms with Crippen LogP contribution in [0, 0.1) is 0 Å². The monoisotopic (exact) mass is 426 g/mol. The lowest BCUT2D eigenvalue weighted by Crippen LogP contribution is -2.20. The second kappa shape index (κ2) is 19.1. The molecule has 0 aromatic heterocycles. The topological polar surface area (TPSA) is 89.5 Å². The minimum atomic E-state index is -0.883. The third kappa shape index (κ3) is 14.2. The van der Waals surface area contributed by atoms with Crippen LogP contribution in [-0.4, -0.2) is 84.4 Å². The van der Waals surface area contributed by atoms with Crippen molar-refractivity contribution in [2.24, 2.45) is 0 Å². The zero-order chi connectivity index (χ0) is 21.7. The van der Waals surface area contributed by atoms with Crippen LogP contribution < -0.4 is 0 Å². The second-order valence-corrected chi connectivity index (χ2v) is 6.25. The highest BCUT2D eigenvalue weighted by atomic mass is 16.6. The van der Waals surface area contributed by atoms with E-state index in [9.17, 15) is 9.59 Å². The number of hydrogen-bond acceptors (Lipinski definition) is 8. The summed E-state index contributed by atoms with van der Waals surface area (Å²) in [5.74, 6) is -1.55. The molecule has 0 saturated heterocycles. The van der Waals surface area contributed by atoms with Gasteiger partial charge in [0.15, 0.2) is 0 Å². The van der Waals surface area contributed by atoms with Crippen molar-refractivity contribution in [1.82, 2.24) is 0 Å². The molecule has 170 valence electrons. The van der Waals surface area contributed by atoms with Crippen molar-refractivity contribution < 1.29 is 38.0 Å². The summed E-state index contributed by atoms with van der Waals surface area (Å²) in [4.78, 5) is 23.4. The maximum atomic E-state index is 11.8. The highest BCUT2D eigenvalue weighted by Gasteiger charge is 2.16. The first-order chi connectivity index (χ1) is 14.8. The van der Waals surface area contributed by atoms with Crippen molar-refractivity contribution in [3.8, 4) is 0 Å². The Morgan fingerprint density at radius 3 is 1.53 bits per heavy atom. The number of ether oxygens (including phenoxy) is 6. The van der Waals surface area contributed by atoms with Crippen LogP contribution in [0.3, 0.4) is 0 Å². The van der Waals surface area contributed by atoms with Gasteiger partial charge in [-0.25, -0.2) is 4.79 Å². The fourth-order valence-corrected chi connectivity index (χ4v) is 2.19. The van der Waals surface area contributed by atoms with Gasteiger partial charge in [0.05, 0.1) is 59.5 Å². The first-order valence-corrected chi connectivity index (χ1v) is 10.4. The molecule has 0 aliphatic carbocycles. The van der Waals surface area contributed by atoms with Crippen LogP contribution in [0.1, 0.15) is 30.1 Å². The normalized spacial score (nSPS) is 10.8. The number of esters is 1. The minimum Gasteiger partial charge on any atom is -0.457 e. The van der Waals surface area contributed by atoms with Gasteiger partial charge in [-0.15, -0.1) is 0 Å². The highest BCUT2D eigenvalue weighted by Crippen LogP contribution is 2.01. The smallest absolute Gasteiger partial charge is 0.379 e. The van der Waals surface area contributed by atoms with E-state index in [-0.39, 0.29) is 13.2 Å². The fraction of sp³-hybridized carbons (Fsp3) is 0.636. The first-order valence-electron chi connectivity index (χ1n) is 10.4. The predicted molar refractivity (Wildman–Crippen MR) is 111 cm³/mol. The number of unbranched alkanes of at least 4 members (excludes halogenated alkanes) is 1. The summed E-state index contributed by atoms with van der Waals surface area (Å²) in [5.41, 5.74) is 0.307. The molecule has 0 unspecified atom stereocenters. The van der Waals surface area contributed by atoms with Crippen LogP contribution in [0.2, 0.25) is 0 Å². The standard InChI is InChI=1S/C22H34O8/c1-2-3-9-25-10-11-26-12-13-27-14-15-28-16-17-29-18-19-30-22(24)21(23)20-7-5-4-6-8-20/h4-8H,2-3,9-19H2,1H3. The van der Waals surface area contributed by atoms with Crippen LogP contribution in [0.5, 0.6) is 0 Å². The van der Waals surface area contributed by atoms with E-state index in [1.54, 1.807) is 30.3 Å². The van der Waals surface area contributed by atoms with Gasteiger partial charge < -0.3 is 28.4 Å². The lowest BCUT2D eigenvalue weighted by atomic mass is 10.1. The molecule has 8 nitrogen and oxygen atoms in total. The Morgan fingerprint density at radius 1 is 0.633 bits per heavy atom. The van der Waals surface area contributed by atoms with Crippen LogP contribution in [0.15, 0.2) is 30.3 Å². The van der Waals surface area contributed by atoms with Crippen LogP contribution in [0.4, 0.5) is 0 Å². The van der Waals surface area contributed by atoms with Gasteiger partial charge in [0, 0.05) is 12.2 Å². The maximum Gasteiger partial charge on any atom is 0.379 e. The zero-order valence-corrected chi connectivity index (χ0v) is 17.8. The Kier molecular flexibility index (Phi) is 16.7. The SMILES string of the molecule is CCCCOCCOCCOCCOCCOCCOC(=O)C(=O)c1ccccc1. The number of Topliss-reactive ketones (excluding diaryl/α,β-unsaturated/α-hetero) is 1. The molecule has 8 heteroatoms. The van der Waals surface area contributed by atoms with Crippen molar-refractivity contribution >= 4 is 11.8 Å². The van der Waals surface area contributed by atoms with Crippen molar-refractivity contribution in [1.29, 1.82) is 0 Å². The quantitative estimate of drug-likeness (QED) is 0.136. The van der Waals surface area contributed by atoms with Gasteiger partial charge in [0.25, 0.3) is 5.78 Å². The lowest BCUT2D eigenvalue weighted by molar-refractivity contribution is -0.139. The fourth-order valence-electron chi connectivity index (χ4n) is 2.19. The Hall–Kier alpha value is -1.84. The molecule has 1 aromatic carbocycles. The van der Waals surface area contributed by atoms with E-state index in [1.807, 2.05) is 0 Å². The molecule has 0 N–H and O–H groups in total. The third-order valence-corrected chi connectivity index (χ3v) is 3.81. The van der Waals surface area contributed by atoms with E-state index >= 15 is 0 Å². The molecule has 0 amide bonds. The van der Waals surface area contributed by atoms with Crippen molar-refractivity contribution in [3.63, 3.8) is 0 Å². The average Bonchev–Trinajstić information content (AvgIpc) is 2.78. The second-order valence-electron chi connectivity index (χ2n) is 6.25. The van der Waals surface area contributed by atoms with Gasteiger partial charge in [-0.3, -0.25) is 4.79 Å². The lowest BCUT2D eigenvalue weighted by Gasteiger charge is -2.08. The van der Waals surface area contributed by atoms with Gasteiger partial charge in [0.1, 0.15) is 6.61 Å². The third-order valence-electron chi connectivity index (χ3n) is 3.81. The zero-order valence-electron chi connectivity index (χ0n) is 17.8. The van der Waals surface area contributed by atoms with Crippen LogP contribution >= 0.6 is 0 Å². The van der Waals surface area contributed by atoms with E-state index in [0.717, 1.165) is 19.4 Å². The maximum absolute atomic E-state index is 11.8. The van der Waals surface area contributed by atoms with E-state index in [4.69, 9.17) is 28.4 Å². The number of carbonyl (C=O) groups is 2. The molecule has 30 heavy (non-hydrogen) atoms. The van der Waals surface area contributed by atoms with E-state index in [0.29, 0.717) is 58.4 Å². The molecule has 0 bridgehead atoms. The number of rotatable bonds is 20. The number of benzene rings is 1. The predicted octanol–water partition coefficient (Wildman–Crippen LogP) is 2.30. The summed E-state index contributed by atoms with van der Waals surface area (Å²) in [6.45, 7) is 7.10. The van der Waals surface area contributed by atoms with Gasteiger partial charge in [-0.05, 0) is 6.42 Å². The molecule has 0 atom stereocenters. The summed E-state index contributed by atoms with van der Waals surface area (Å²) >= 11 is 0. The van der Waals surface area contributed by atoms with Crippen molar-refractivity contribution in [2.45, 2.75) is 19.8 Å². The van der Waals surface area contributed by atoms with Gasteiger partial charge in [0.2, 0.25) is 0 Å². The molecular weight excluding hydrogens is 392 g/mol. The molecule has 0 saturated carbocycles. The Bertz CT molecular complexity index is 549. The number of hydrogen-bond donors (Lipinski definition) is 0. The van der Waals surface area contributed by atoms with E-state index in [1.165, 1.54) is 0 Å². The Morgan fingerprint density at radius 2 is 1.07 bits per heavy atom. The molecular formula is C22H34O8. The van der Waals surface area contributed by atoms with E-state index < -0.39 is 11.8 Å². The van der Waals surface area contributed by atoms with Gasteiger partial charge in [-0.2, -0.15) is 0 Å². The molecule has 0 aliphatic rings. The van der Waals surface area contributed by atoms with E-state index in [2.05, 4.69) is 6.92 Å². The highest BCUT2D eigenvalue weighted by molar-refractivity contribution is 6.40. The molecule has 0 aliphatic heterocycles. The number of ketones is 1. The van der Waals surface area contributed by atoms with Crippen molar-refractivity contribution in [3.05, 3.63) is 35.9 Å². The van der Waals surface area contributed by atoms with Crippen LogP contribution in [-0.2, 0) is 33.2 Å². The molecule has 1 rings (SSSR count). The Balaban J connectivity index is 1.79. The number of carbonyl (C=O) groups excluding carboxylic acids is 2. The minimum absolute atomic E-state index is 0.0180. The largest absolute Gasteiger partial charge is 0.457 e. The first kappa shape index (κ1) is 26.2. The summed E-state index contributed by atoms with van der Waals surface area (Å²) < 4.78 is 31.7.